The second-order valence-corrected chi connectivity index (χ2v) is 13.5. The summed E-state index contributed by atoms with van der Waals surface area (Å²) in [5, 5.41) is 17.4. The molecule has 0 bridgehead atoms. The Morgan fingerprint density at radius 3 is 2.46 bits per heavy atom. The summed E-state index contributed by atoms with van der Waals surface area (Å²) in [6.45, 7) is 5.92. The van der Waals surface area contributed by atoms with Crippen LogP contribution in [0.5, 0.6) is 0 Å². The van der Waals surface area contributed by atoms with Gasteiger partial charge in [-0.3, -0.25) is 9.00 Å². The van der Waals surface area contributed by atoms with Crippen LogP contribution in [-0.2, 0) is 15.5 Å². The SMILES string of the molecule is C/C=C/n1c(=O)c2cnc(Nc3ccc(NCC[SH](C)(C)=O)cc3)nc2n1-c1cccc(C(C)(C)O)c1. The second kappa shape index (κ2) is 10.3. The molecule has 2 aromatic heterocycles. The summed E-state index contributed by atoms with van der Waals surface area (Å²) >= 11 is 0. The summed E-state index contributed by atoms with van der Waals surface area (Å²) in [6, 6.07) is 15.1. The highest BCUT2D eigenvalue weighted by Crippen LogP contribution is 2.25. The van der Waals surface area contributed by atoms with Crippen molar-refractivity contribution >= 4 is 44.5 Å². The molecule has 0 fully saturated rings. The minimum atomic E-state index is -2.06. The Morgan fingerprint density at radius 2 is 1.81 bits per heavy atom. The third kappa shape index (κ3) is 6.15. The number of nitrogens with zero attached hydrogens (tertiary/aromatic N) is 4. The molecule has 0 aliphatic carbocycles. The second-order valence-electron chi connectivity index (χ2n) is 9.91. The van der Waals surface area contributed by atoms with Crippen LogP contribution in [0.4, 0.5) is 17.3 Å². The van der Waals surface area contributed by atoms with Crippen LogP contribution in [-0.4, -0.2) is 53.5 Å². The van der Waals surface area contributed by atoms with Crippen LogP contribution in [0.3, 0.4) is 0 Å². The number of rotatable bonds is 9. The van der Waals surface area contributed by atoms with E-state index in [0.717, 1.165) is 11.4 Å². The van der Waals surface area contributed by atoms with Gasteiger partial charge in [-0.1, -0.05) is 18.2 Å². The van der Waals surface area contributed by atoms with Gasteiger partial charge in [-0.05, 0) is 75.2 Å². The van der Waals surface area contributed by atoms with Crippen molar-refractivity contribution in [1.82, 2.24) is 19.3 Å². The van der Waals surface area contributed by atoms with Gasteiger partial charge in [0.15, 0.2) is 5.65 Å². The number of aromatic nitrogens is 4. The minimum absolute atomic E-state index is 0.243. The van der Waals surface area contributed by atoms with E-state index in [1.54, 1.807) is 43.3 Å². The standard InChI is InChI=1S/C27H34N6O3S/c1-6-15-32-25(34)23-18-29-26(30-21-12-10-20(11-13-21)28-14-16-37(4,5)36)31-24(23)33(32)22-9-7-8-19(17-22)27(2,3)35/h6-13,15,17-18,28,35,37H,14,16H2,1-5H3,(H,29,30,31)/b15-6+. The number of thiol groups is 1. The van der Waals surface area contributed by atoms with E-state index in [-0.39, 0.29) is 5.56 Å². The Balaban J connectivity index is 1.68. The number of allylic oxidation sites excluding steroid dienone is 1. The molecule has 196 valence electrons. The molecule has 0 aliphatic heterocycles. The summed E-state index contributed by atoms with van der Waals surface area (Å²) in [5.74, 6) is 0.977. The predicted molar refractivity (Wildman–Crippen MR) is 154 cm³/mol. The first kappa shape index (κ1) is 26.3. The summed E-state index contributed by atoms with van der Waals surface area (Å²) in [6.07, 6.45) is 8.55. The molecule has 0 unspecified atom stereocenters. The van der Waals surface area contributed by atoms with Crippen LogP contribution in [0, 0.1) is 0 Å². The predicted octanol–water partition coefficient (Wildman–Crippen LogP) is 3.73. The molecule has 0 aliphatic rings. The zero-order chi connectivity index (χ0) is 26.8. The van der Waals surface area contributed by atoms with Crippen molar-refractivity contribution in [1.29, 1.82) is 0 Å². The third-order valence-electron chi connectivity index (χ3n) is 5.83. The number of hydrogen-bond donors (Lipinski definition) is 4. The third-order valence-corrected chi connectivity index (χ3v) is 7.13. The first-order chi connectivity index (χ1) is 17.5. The fourth-order valence-electron chi connectivity index (χ4n) is 3.87. The molecule has 37 heavy (non-hydrogen) atoms. The molecule has 4 rings (SSSR count). The Hall–Kier alpha value is -3.76. The van der Waals surface area contributed by atoms with E-state index in [1.165, 1.54) is 10.9 Å². The summed E-state index contributed by atoms with van der Waals surface area (Å²) in [5.41, 5.74) is 2.27. The quantitative estimate of drug-likeness (QED) is 0.248. The maximum Gasteiger partial charge on any atom is 0.282 e. The zero-order valence-corrected chi connectivity index (χ0v) is 22.7. The number of benzene rings is 2. The lowest BCUT2D eigenvalue weighted by atomic mass is 9.98. The summed E-state index contributed by atoms with van der Waals surface area (Å²) < 4.78 is 15.1. The molecule has 2 aromatic carbocycles. The molecule has 0 radical (unpaired) electrons. The van der Waals surface area contributed by atoms with Gasteiger partial charge in [-0.2, -0.15) is 4.98 Å². The average molecular weight is 523 g/mol. The Labute approximate surface area is 217 Å². The highest BCUT2D eigenvalue weighted by atomic mass is 32.2. The van der Waals surface area contributed by atoms with E-state index in [0.29, 0.717) is 40.5 Å². The lowest BCUT2D eigenvalue weighted by Crippen LogP contribution is -2.19. The minimum Gasteiger partial charge on any atom is -0.386 e. The van der Waals surface area contributed by atoms with Gasteiger partial charge in [0.2, 0.25) is 5.95 Å². The molecule has 2 heterocycles. The van der Waals surface area contributed by atoms with Crippen LogP contribution < -0.4 is 16.2 Å². The van der Waals surface area contributed by atoms with E-state index in [4.69, 9.17) is 0 Å². The van der Waals surface area contributed by atoms with Crippen molar-refractivity contribution in [3.63, 3.8) is 0 Å². The molecule has 10 heteroatoms. The summed E-state index contributed by atoms with van der Waals surface area (Å²) in [4.78, 5) is 22.2. The molecule has 0 saturated carbocycles. The molecule has 9 nitrogen and oxygen atoms in total. The van der Waals surface area contributed by atoms with Crippen LogP contribution in [0.1, 0.15) is 26.3 Å². The van der Waals surface area contributed by atoms with Gasteiger partial charge in [-0.15, -0.1) is 9.93 Å². The number of nitrogens with one attached hydrogen (secondary N) is 2. The van der Waals surface area contributed by atoms with Crippen molar-refractivity contribution in [2.24, 2.45) is 0 Å². The number of aliphatic hydroxyl groups is 1. The van der Waals surface area contributed by atoms with Crippen LogP contribution >= 0.6 is 0 Å². The Morgan fingerprint density at radius 1 is 1.11 bits per heavy atom. The monoisotopic (exact) mass is 522 g/mol. The van der Waals surface area contributed by atoms with Crippen molar-refractivity contribution in [2.75, 3.05) is 35.4 Å². The van der Waals surface area contributed by atoms with E-state index in [9.17, 15) is 14.1 Å². The molecule has 4 aromatic rings. The fraction of sp³-hybridized carbons (Fsp3) is 0.296. The first-order valence-corrected chi connectivity index (χ1v) is 14.9. The molecule has 3 N–H and O–H groups in total. The fourth-order valence-corrected chi connectivity index (χ4v) is 4.52. The van der Waals surface area contributed by atoms with Gasteiger partial charge in [0.05, 0.1) is 11.3 Å². The lowest BCUT2D eigenvalue weighted by Gasteiger charge is -2.19. The number of fused-ring (bicyclic) bond motifs is 1. The van der Waals surface area contributed by atoms with E-state index < -0.39 is 15.5 Å². The smallest absolute Gasteiger partial charge is 0.282 e. The maximum absolute atomic E-state index is 13.2. The Bertz CT molecular complexity index is 1540. The van der Waals surface area contributed by atoms with Crippen LogP contribution in [0.15, 0.2) is 65.6 Å². The molecule has 0 saturated heterocycles. The van der Waals surface area contributed by atoms with Crippen LogP contribution in [0.2, 0.25) is 0 Å². The van der Waals surface area contributed by atoms with Gasteiger partial charge in [0, 0.05) is 36.1 Å². The molecule has 0 atom stereocenters. The van der Waals surface area contributed by atoms with E-state index in [2.05, 4.69) is 20.6 Å². The average Bonchev–Trinajstić information content (AvgIpc) is 3.10. The van der Waals surface area contributed by atoms with Gasteiger partial charge in [-0.25, -0.2) is 14.3 Å². The molecule has 0 spiro atoms. The highest BCUT2D eigenvalue weighted by Gasteiger charge is 2.20. The zero-order valence-electron chi connectivity index (χ0n) is 21.8. The maximum atomic E-state index is 13.2. The number of hydrogen-bond acceptors (Lipinski definition) is 7. The first-order valence-electron chi connectivity index (χ1n) is 12.1. The topological polar surface area (TPSA) is 114 Å². The van der Waals surface area contributed by atoms with Gasteiger partial charge >= 0.3 is 0 Å². The Kier molecular flexibility index (Phi) is 7.33. The lowest BCUT2D eigenvalue weighted by molar-refractivity contribution is 0.0786. The van der Waals surface area contributed by atoms with Crippen molar-refractivity contribution in [3.8, 4) is 5.69 Å². The summed E-state index contributed by atoms with van der Waals surface area (Å²) in [7, 11) is -2.06. The molecular formula is C27H34N6O3S. The van der Waals surface area contributed by atoms with E-state index >= 15 is 0 Å². The normalized spacial score (nSPS) is 12.8. The van der Waals surface area contributed by atoms with Crippen molar-refractivity contribution in [2.45, 2.75) is 26.4 Å². The van der Waals surface area contributed by atoms with Gasteiger partial charge < -0.3 is 15.7 Å². The van der Waals surface area contributed by atoms with Crippen LogP contribution in [0.25, 0.3) is 22.9 Å². The van der Waals surface area contributed by atoms with E-state index in [1.807, 2.05) is 55.5 Å². The van der Waals surface area contributed by atoms with Crippen molar-refractivity contribution < 1.29 is 9.32 Å². The molecule has 0 amide bonds. The van der Waals surface area contributed by atoms with Gasteiger partial charge in [0.25, 0.3) is 5.56 Å². The highest BCUT2D eigenvalue weighted by molar-refractivity contribution is 8.01. The largest absolute Gasteiger partial charge is 0.386 e. The number of anilines is 3. The van der Waals surface area contributed by atoms with Crippen molar-refractivity contribution in [3.05, 3.63) is 76.7 Å². The molecular weight excluding hydrogens is 488 g/mol. The van der Waals surface area contributed by atoms with Gasteiger partial charge in [0.1, 0.15) is 5.39 Å².